The fourth-order valence-electron chi connectivity index (χ4n) is 1.69. The molecule has 0 fully saturated rings. The van der Waals surface area contributed by atoms with Gasteiger partial charge in [0.2, 0.25) is 0 Å². The molecule has 1 nitrogen and oxygen atoms in total. The van der Waals surface area contributed by atoms with Crippen LogP contribution in [0.3, 0.4) is 0 Å². The van der Waals surface area contributed by atoms with Gasteiger partial charge >= 0.3 is 0 Å². The molecule has 0 radical (unpaired) electrons. The van der Waals surface area contributed by atoms with E-state index < -0.39 is 0 Å². The second-order valence-electron chi connectivity index (χ2n) is 3.62. The number of hydrogen-bond donors (Lipinski definition) is 1. The van der Waals surface area contributed by atoms with Crippen molar-refractivity contribution >= 4 is 11.6 Å². The summed E-state index contributed by atoms with van der Waals surface area (Å²) in [6, 6.07) is 5.12. The molecule has 16 heavy (non-hydrogen) atoms. The second kappa shape index (κ2) is 6.66. The summed E-state index contributed by atoms with van der Waals surface area (Å²) in [6.07, 6.45) is 3.52. The summed E-state index contributed by atoms with van der Waals surface area (Å²) in [5.74, 6) is -0.320. The molecule has 1 atom stereocenters. The molecule has 0 aliphatic carbocycles. The van der Waals surface area contributed by atoms with Crippen molar-refractivity contribution in [3.63, 3.8) is 0 Å². The lowest BCUT2D eigenvalue weighted by Gasteiger charge is -2.18. The molecule has 1 aromatic rings. The van der Waals surface area contributed by atoms with Crippen molar-refractivity contribution in [1.29, 1.82) is 0 Å². The molecule has 3 heteroatoms. The van der Waals surface area contributed by atoms with E-state index in [9.17, 15) is 4.39 Å². The maximum atomic E-state index is 13.8. The van der Waals surface area contributed by atoms with Crippen LogP contribution in [-0.4, -0.2) is 6.54 Å². The Balaban J connectivity index is 2.90. The largest absolute Gasteiger partial charge is 0.310 e. The number of rotatable bonds is 6. The highest BCUT2D eigenvalue weighted by Gasteiger charge is 2.15. The number of allylic oxidation sites excluding steroid dienone is 1. The van der Waals surface area contributed by atoms with E-state index in [1.807, 2.05) is 13.0 Å². The van der Waals surface area contributed by atoms with Crippen molar-refractivity contribution in [1.82, 2.24) is 5.32 Å². The molecular formula is C13H17ClFN. The first-order valence-corrected chi connectivity index (χ1v) is 5.86. The lowest BCUT2D eigenvalue weighted by Crippen LogP contribution is -2.21. The fourth-order valence-corrected chi connectivity index (χ4v) is 1.87. The Morgan fingerprint density at radius 1 is 1.56 bits per heavy atom. The number of benzene rings is 1. The van der Waals surface area contributed by atoms with Crippen LogP contribution in [0, 0.1) is 5.82 Å². The van der Waals surface area contributed by atoms with Crippen LogP contribution in [0.25, 0.3) is 0 Å². The summed E-state index contributed by atoms with van der Waals surface area (Å²) in [5.41, 5.74) is 0.635. The van der Waals surface area contributed by atoms with Crippen LogP contribution in [0.1, 0.15) is 31.4 Å². The van der Waals surface area contributed by atoms with Crippen LogP contribution < -0.4 is 5.32 Å². The molecule has 0 heterocycles. The third-order valence-corrected chi connectivity index (χ3v) is 2.76. The Labute approximate surface area is 101 Å². The van der Waals surface area contributed by atoms with Crippen LogP contribution in [0.4, 0.5) is 4.39 Å². The predicted octanol–water partition coefficient (Wildman–Crippen LogP) is 4.10. The van der Waals surface area contributed by atoms with Gasteiger partial charge in [-0.25, -0.2) is 4.39 Å². The Morgan fingerprint density at radius 2 is 2.31 bits per heavy atom. The van der Waals surface area contributed by atoms with Gasteiger partial charge in [0, 0.05) is 11.6 Å². The molecule has 0 bridgehead atoms. The topological polar surface area (TPSA) is 12.0 Å². The van der Waals surface area contributed by atoms with Gasteiger partial charge in [-0.05, 0) is 25.5 Å². The molecule has 0 aliphatic rings. The van der Waals surface area contributed by atoms with Gasteiger partial charge < -0.3 is 5.32 Å². The van der Waals surface area contributed by atoms with E-state index in [4.69, 9.17) is 11.6 Å². The van der Waals surface area contributed by atoms with Crippen LogP contribution in [0.5, 0.6) is 0 Å². The average molecular weight is 242 g/mol. The van der Waals surface area contributed by atoms with Crippen molar-refractivity contribution in [2.45, 2.75) is 25.8 Å². The van der Waals surface area contributed by atoms with E-state index in [0.29, 0.717) is 5.56 Å². The molecule has 1 rings (SSSR count). The van der Waals surface area contributed by atoms with Crippen molar-refractivity contribution < 1.29 is 4.39 Å². The highest BCUT2D eigenvalue weighted by Crippen LogP contribution is 2.26. The van der Waals surface area contributed by atoms with E-state index >= 15 is 0 Å². The zero-order chi connectivity index (χ0) is 12.0. The van der Waals surface area contributed by atoms with E-state index in [-0.39, 0.29) is 16.9 Å². The van der Waals surface area contributed by atoms with Gasteiger partial charge in [0.15, 0.2) is 0 Å². The highest BCUT2D eigenvalue weighted by atomic mass is 35.5. The lowest BCUT2D eigenvalue weighted by molar-refractivity contribution is 0.488. The first kappa shape index (κ1) is 13.2. The summed E-state index contributed by atoms with van der Waals surface area (Å²) in [7, 11) is 0. The Bertz CT molecular complexity index is 352. The van der Waals surface area contributed by atoms with Crippen molar-refractivity contribution in [2.24, 2.45) is 0 Å². The van der Waals surface area contributed by atoms with Gasteiger partial charge in [-0.1, -0.05) is 36.7 Å². The van der Waals surface area contributed by atoms with E-state index in [1.54, 1.807) is 18.2 Å². The first-order chi connectivity index (χ1) is 7.70. The molecule has 88 valence electrons. The van der Waals surface area contributed by atoms with Gasteiger partial charge in [0.05, 0.1) is 5.02 Å². The number of hydrogen-bond acceptors (Lipinski definition) is 1. The number of nitrogens with one attached hydrogen (secondary N) is 1. The zero-order valence-corrected chi connectivity index (χ0v) is 10.2. The maximum Gasteiger partial charge on any atom is 0.146 e. The predicted molar refractivity (Wildman–Crippen MR) is 67.3 cm³/mol. The Hall–Kier alpha value is -0.860. The van der Waals surface area contributed by atoms with Crippen LogP contribution >= 0.6 is 11.6 Å². The second-order valence-corrected chi connectivity index (χ2v) is 4.03. The van der Waals surface area contributed by atoms with Gasteiger partial charge in [0.25, 0.3) is 0 Å². The summed E-state index contributed by atoms with van der Waals surface area (Å²) in [4.78, 5) is 0. The summed E-state index contributed by atoms with van der Waals surface area (Å²) >= 11 is 5.77. The molecule has 0 aliphatic heterocycles. The zero-order valence-electron chi connectivity index (χ0n) is 9.47. The molecule has 0 amide bonds. The maximum absolute atomic E-state index is 13.8. The lowest BCUT2D eigenvalue weighted by atomic mass is 10.0. The molecule has 1 N–H and O–H groups in total. The minimum Gasteiger partial charge on any atom is -0.310 e. The quantitative estimate of drug-likeness (QED) is 0.740. The van der Waals surface area contributed by atoms with E-state index in [1.165, 1.54) is 0 Å². The van der Waals surface area contributed by atoms with Crippen molar-refractivity contribution in [2.75, 3.05) is 6.54 Å². The van der Waals surface area contributed by atoms with Crippen LogP contribution in [-0.2, 0) is 0 Å². The van der Waals surface area contributed by atoms with E-state index in [0.717, 1.165) is 19.4 Å². The van der Waals surface area contributed by atoms with Crippen LogP contribution in [0.15, 0.2) is 30.9 Å². The SMILES string of the molecule is C=CCCC(NCC)c1cccc(Cl)c1F. The Kier molecular flexibility index (Phi) is 5.50. The molecule has 0 saturated carbocycles. The van der Waals surface area contributed by atoms with Crippen molar-refractivity contribution in [3.8, 4) is 0 Å². The minimum absolute atomic E-state index is 0.00157. The average Bonchev–Trinajstić information content (AvgIpc) is 2.28. The van der Waals surface area contributed by atoms with Gasteiger partial charge in [-0.2, -0.15) is 0 Å². The van der Waals surface area contributed by atoms with Crippen molar-refractivity contribution in [3.05, 3.63) is 47.3 Å². The third-order valence-electron chi connectivity index (χ3n) is 2.47. The molecular weight excluding hydrogens is 225 g/mol. The van der Waals surface area contributed by atoms with Gasteiger partial charge in [0.1, 0.15) is 5.82 Å². The standard InChI is InChI=1S/C13H17ClFN/c1-3-5-9-12(16-4-2)10-7-6-8-11(14)13(10)15/h3,6-8,12,16H,1,4-5,9H2,2H3. The van der Waals surface area contributed by atoms with Gasteiger partial charge in [-0.3, -0.25) is 0 Å². The fraction of sp³-hybridized carbons (Fsp3) is 0.385. The highest BCUT2D eigenvalue weighted by molar-refractivity contribution is 6.30. The minimum atomic E-state index is -0.320. The van der Waals surface area contributed by atoms with Crippen LogP contribution in [0.2, 0.25) is 5.02 Å². The van der Waals surface area contributed by atoms with Gasteiger partial charge in [-0.15, -0.1) is 6.58 Å². The molecule has 0 aromatic heterocycles. The molecule has 1 aromatic carbocycles. The molecule has 0 spiro atoms. The summed E-state index contributed by atoms with van der Waals surface area (Å²) in [5, 5.41) is 3.43. The smallest absolute Gasteiger partial charge is 0.146 e. The monoisotopic (exact) mass is 241 g/mol. The summed E-state index contributed by atoms with van der Waals surface area (Å²) < 4.78 is 13.8. The normalized spacial score (nSPS) is 12.4. The summed E-state index contributed by atoms with van der Waals surface area (Å²) in [6.45, 7) is 6.48. The third kappa shape index (κ3) is 3.32. The number of halogens is 2. The molecule has 0 saturated heterocycles. The Morgan fingerprint density at radius 3 is 2.94 bits per heavy atom. The molecule has 1 unspecified atom stereocenters. The van der Waals surface area contributed by atoms with E-state index in [2.05, 4.69) is 11.9 Å². The first-order valence-electron chi connectivity index (χ1n) is 5.48.